The van der Waals surface area contributed by atoms with Crippen LogP contribution in [0.4, 0.5) is 0 Å². The number of benzene rings is 2. The summed E-state index contributed by atoms with van der Waals surface area (Å²) >= 11 is 0. The van der Waals surface area contributed by atoms with Crippen LogP contribution in [0.5, 0.6) is 5.75 Å². The average Bonchev–Trinajstić information content (AvgIpc) is 2.99. The smallest absolute Gasteiger partial charge is 0.338 e. The van der Waals surface area contributed by atoms with Crippen molar-refractivity contribution in [3.05, 3.63) is 59.2 Å². The van der Waals surface area contributed by atoms with E-state index in [0.29, 0.717) is 11.1 Å². The van der Waals surface area contributed by atoms with E-state index in [9.17, 15) is 22.8 Å². The molecule has 0 spiro atoms. The van der Waals surface area contributed by atoms with Gasteiger partial charge in [0.2, 0.25) is 10.0 Å². The Morgan fingerprint density at radius 3 is 2.18 bits per heavy atom. The molecule has 1 heterocycles. The molecule has 9 nitrogen and oxygen atoms in total. The molecular formula is C23H26N2O7S. The van der Waals surface area contributed by atoms with E-state index in [4.69, 9.17) is 9.47 Å². The first-order chi connectivity index (χ1) is 15.4. The van der Waals surface area contributed by atoms with Crippen LogP contribution in [-0.4, -0.2) is 56.9 Å². The quantitative estimate of drug-likeness (QED) is 0.355. The van der Waals surface area contributed by atoms with E-state index in [1.807, 2.05) is 0 Å². The number of esters is 1. The Hall–Kier alpha value is -3.24. The lowest BCUT2D eigenvalue weighted by Gasteiger charge is -2.21. The van der Waals surface area contributed by atoms with Gasteiger partial charge >= 0.3 is 5.97 Å². The van der Waals surface area contributed by atoms with Crippen molar-refractivity contribution in [2.24, 2.45) is 0 Å². The molecule has 0 atom stereocenters. The number of methoxy groups -OCH3 is 1. The number of ether oxygens (including phenoxy) is 2. The molecule has 0 radical (unpaired) electrons. The zero-order valence-electron chi connectivity index (χ0n) is 18.9. The van der Waals surface area contributed by atoms with Crippen LogP contribution in [0.1, 0.15) is 58.3 Å². The number of fused-ring (bicyclic) bond motifs is 1. The van der Waals surface area contributed by atoms with Gasteiger partial charge in [0.15, 0.2) is 0 Å². The number of hydrogen-bond acceptors (Lipinski definition) is 7. The summed E-state index contributed by atoms with van der Waals surface area (Å²) in [6, 6.07) is 10.6. The highest BCUT2D eigenvalue weighted by Gasteiger charge is 2.34. The lowest BCUT2D eigenvalue weighted by Crippen LogP contribution is -2.40. The molecule has 0 saturated heterocycles. The molecule has 2 aromatic carbocycles. The fourth-order valence-electron chi connectivity index (χ4n) is 3.38. The zero-order chi connectivity index (χ0) is 24.4. The van der Waals surface area contributed by atoms with Crippen molar-refractivity contribution < 1.29 is 32.3 Å². The summed E-state index contributed by atoms with van der Waals surface area (Å²) in [6.07, 6.45) is 0.240. The molecule has 0 unspecified atom stereocenters. The van der Waals surface area contributed by atoms with Gasteiger partial charge in [0.25, 0.3) is 11.8 Å². The maximum Gasteiger partial charge on any atom is 0.338 e. The fraction of sp³-hybridized carbons (Fsp3) is 0.348. The number of amides is 2. The molecule has 1 aliphatic rings. The SMILES string of the molecule is COc1ccc(C(=O)OCCCN2C(=O)c3ccccc3C2=O)cc1S(=O)(=O)NC(C)(C)C. The number of carbonyl (C=O) groups is 3. The Labute approximate surface area is 192 Å². The third-order valence-corrected chi connectivity index (χ3v) is 6.55. The van der Waals surface area contributed by atoms with Crippen molar-refractivity contribution in [3.63, 3.8) is 0 Å². The molecule has 3 rings (SSSR count). The van der Waals surface area contributed by atoms with Gasteiger partial charge in [-0.3, -0.25) is 14.5 Å². The van der Waals surface area contributed by atoms with Crippen molar-refractivity contribution in [2.45, 2.75) is 37.6 Å². The Balaban J connectivity index is 1.63. The van der Waals surface area contributed by atoms with Crippen molar-refractivity contribution in [1.82, 2.24) is 9.62 Å². The molecule has 2 amide bonds. The summed E-state index contributed by atoms with van der Waals surface area (Å²) in [5, 5.41) is 0. The van der Waals surface area contributed by atoms with Gasteiger partial charge in [0.1, 0.15) is 10.6 Å². The van der Waals surface area contributed by atoms with Crippen molar-refractivity contribution in [3.8, 4) is 5.75 Å². The lowest BCUT2D eigenvalue weighted by atomic mass is 10.1. The first-order valence-electron chi connectivity index (χ1n) is 10.3. The summed E-state index contributed by atoms with van der Waals surface area (Å²) in [7, 11) is -2.62. The largest absolute Gasteiger partial charge is 0.495 e. The second-order valence-electron chi connectivity index (χ2n) is 8.52. The fourth-order valence-corrected chi connectivity index (χ4v) is 5.00. The number of rotatable bonds is 8. The molecule has 33 heavy (non-hydrogen) atoms. The monoisotopic (exact) mass is 474 g/mol. The third kappa shape index (κ3) is 5.40. The summed E-state index contributed by atoms with van der Waals surface area (Å²) in [6.45, 7) is 5.13. The second-order valence-corrected chi connectivity index (χ2v) is 10.2. The molecule has 0 bridgehead atoms. The Morgan fingerprint density at radius 1 is 1.03 bits per heavy atom. The highest BCUT2D eigenvalue weighted by Crippen LogP contribution is 2.27. The van der Waals surface area contributed by atoms with Crippen LogP contribution in [0.25, 0.3) is 0 Å². The van der Waals surface area contributed by atoms with Gasteiger partial charge in [0.05, 0.1) is 30.4 Å². The van der Waals surface area contributed by atoms with Gasteiger partial charge in [0, 0.05) is 12.1 Å². The highest BCUT2D eigenvalue weighted by atomic mass is 32.2. The minimum Gasteiger partial charge on any atom is -0.495 e. The molecular weight excluding hydrogens is 448 g/mol. The number of hydrogen-bond donors (Lipinski definition) is 1. The Kier molecular flexibility index (Phi) is 6.89. The summed E-state index contributed by atoms with van der Waals surface area (Å²) < 4.78 is 38.4. The first-order valence-corrected chi connectivity index (χ1v) is 11.8. The molecule has 0 aliphatic carbocycles. The van der Waals surface area contributed by atoms with Gasteiger partial charge in [-0.05, 0) is 57.5 Å². The number of nitrogens with one attached hydrogen (secondary N) is 1. The van der Waals surface area contributed by atoms with Crippen LogP contribution in [0.3, 0.4) is 0 Å². The predicted octanol–water partition coefficient (Wildman–Crippen LogP) is 2.62. The molecule has 0 saturated carbocycles. The maximum absolute atomic E-state index is 12.8. The van der Waals surface area contributed by atoms with E-state index < -0.39 is 21.5 Å². The first kappa shape index (κ1) is 24.4. The average molecular weight is 475 g/mol. The minimum atomic E-state index is -3.96. The topological polar surface area (TPSA) is 119 Å². The number of carbonyl (C=O) groups excluding carboxylic acids is 3. The Morgan fingerprint density at radius 2 is 1.64 bits per heavy atom. The second kappa shape index (κ2) is 9.32. The normalized spacial score (nSPS) is 13.8. The van der Waals surface area contributed by atoms with Gasteiger partial charge in [-0.1, -0.05) is 12.1 Å². The van der Waals surface area contributed by atoms with Crippen molar-refractivity contribution in [1.29, 1.82) is 0 Å². The summed E-state index contributed by atoms with van der Waals surface area (Å²) in [5.74, 6) is -1.39. The van der Waals surface area contributed by atoms with E-state index >= 15 is 0 Å². The van der Waals surface area contributed by atoms with Gasteiger partial charge in [-0.25, -0.2) is 17.9 Å². The van der Waals surface area contributed by atoms with Crippen LogP contribution in [0, 0.1) is 0 Å². The molecule has 0 aromatic heterocycles. The van der Waals surface area contributed by atoms with Crippen LogP contribution in [-0.2, 0) is 14.8 Å². The van der Waals surface area contributed by atoms with Crippen LogP contribution < -0.4 is 9.46 Å². The van der Waals surface area contributed by atoms with Crippen LogP contribution in [0.15, 0.2) is 47.4 Å². The number of sulfonamides is 1. The molecule has 2 aromatic rings. The highest BCUT2D eigenvalue weighted by molar-refractivity contribution is 7.89. The van der Waals surface area contributed by atoms with Gasteiger partial charge in [-0.15, -0.1) is 0 Å². The van der Waals surface area contributed by atoms with Gasteiger partial charge in [-0.2, -0.15) is 0 Å². The zero-order valence-corrected chi connectivity index (χ0v) is 19.7. The number of imide groups is 1. The van der Waals surface area contributed by atoms with Crippen LogP contribution in [0.2, 0.25) is 0 Å². The minimum absolute atomic E-state index is 0.0332. The standard InChI is InChI=1S/C23H26N2O7S/c1-23(2,3)24-33(29,30)19-14-15(10-11-18(19)31-4)22(28)32-13-7-12-25-20(26)16-8-5-6-9-17(16)21(25)27/h5-6,8-11,14,24H,7,12-13H2,1-4H3. The van der Waals surface area contributed by atoms with E-state index in [-0.39, 0.29) is 47.6 Å². The predicted molar refractivity (Wildman–Crippen MR) is 120 cm³/mol. The van der Waals surface area contributed by atoms with Crippen molar-refractivity contribution in [2.75, 3.05) is 20.3 Å². The Bertz CT molecular complexity index is 1160. The summed E-state index contributed by atoms with van der Waals surface area (Å²) in [4.78, 5) is 38.2. The van der Waals surface area contributed by atoms with E-state index in [0.717, 1.165) is 4.90 Å². The molecule has 1 N–H and O–H groups in total. The van der Waals surface area contributed by atoms with Crippen molar-refractivity contribution >= 4 is 27.8 Å². The van der Waals surface area contributed by atoms with E-state index in [1.165, 1.54) is 25.3 Å². The summed E-state index contributed by atoms with van der Waals surface area (Å²) in [5.41, 5.74) is 0.0151. The van der Waals surface area contributed by atoms with Crippen LogP contribution >= 0.6 is 0 Å². The number of nitrogens with zero attached hydrogens (tertiary/aromatic N) is 1. The lowest BCUT2D eigenvalue weighted by molar-refractivity contribution is 0.0482. The molecule has 176 valence electrons. The molecule has 1 aliphatic heterocycles. The van der Waals surface area contributed by atoms with Gasteiger partial charge < -0.3 is 9.47 Å². The molecule has 10 heteroatoms. The molecule has 0 fully saturated rings. The third-order valence-electron chi connectivity index (χ3n) is 4.77. The maximum atomic E-state index is 12.8. The van der Waals surface area contributed by atoms with E-state index in [1.54, 1.807) is 45.0 Å². The van der Waals surface area contributed by atoms with E-state index in [2.05, 4.69) is 4.72 Å².